The van der Waals surface area contributed by atoms with Gasteiger partial charge in [0.15, 0.2) is 9.84 Å². The van der Waals surface area contributed by atoms with Crippen LogP contribution in [-0.2, 0) is 9.84 Å². The monoisotopic (exact) mass is 150 g/mol. The highest BCUT2D eigenvalue weighted by atomic mass is 32.2. The van der Waals surface area contributed by atoms with Gasteiger partial charge in [0.1, 0.15) is 0 Å². The van der Waals surface area contributed by atoms with Crippen LogP contribution in [0.5, 0.6) is 0 Å². The molecule has 0 spiro atoms. The van der Waals surface area contributed by atoms with E-state index in [-0.39, 0.29) is 12.4 Å². The fraction of sp³-hybridized carbons (Fsp3) is 0.600. The summed E-state index contributed by atoms with van der Waals surface area (Å²) in [5, 5.41) is 9.19. The molecule has 0 amide bonds. The van der Waals surface area contributed by atoms with Crippen molar-refractivity contribution in [1.29, 1.82) is 0 Å². The van der Waals surface area contributed by atoms with Crippen LogP contribution in [0.25, 0.3) is 0 Å². The number of rotatable bonds is 3. The van der Waals surface area contributed by atoms with E-state index in [9.17, 15) is 8.42 Å². The average molecular weight is 150 g/mol. The molecule has 0 rings (SSSR count). The van der Waals surface area contributed by atoms with E-state index < -0.39 is 9.84 Å². The Morgan fingerprint density at radius 1 is 1.56 bits per heavy atom. The zero-order valence-electron chi connectivity index (χ0n) is 5.24. The molecule has 0 saturated carbocycles. The lowest BCUT2D eigenvalue weighted by Gasteiger charge is -1.87. The molecule has 0 bridgehead atoms. The van der Waals surface area contributed by atoms with Crippen LogP contribution in [0.15, 0.2) is 11.5 Å². The van der Waals surface area contributed by atoms with Gasteiger partial charge in [-0.05, 0) is 6.08 Å². The van der Waals surface area contributed by atoms with Crippen LogP contribution in [0.4, 0.5) is 0 Å². The molecule has 0 atom stereocenters. The molecule has 54 valence electrons. The molecule has 0 aliphatic rings. The molecular weight excluding hydrogens is 140 g/mol. The minimum atomic E-state index is -3.02. The first kappa shape index (κ1) is 8.65. The number of aliphatic hydroxyl groups excluding tert-OH is 1. The van der Waals surface area contributed by atoms with Gasteiger partial charge >= 0.3 is 0 Å². The topological polar surface area (TPSA) is 54.4 Å². The van der Waals surface area contributed by atoms with Gasteiger partial charge in [-0.25, -0.2) is 8.42 Å². The van der Waals surface area contributed by atoms with E-state index >= 15 is 0 Å². The summed E-state index contributed by atoms with van der Waals surface area (Å²) in [6, 6.07) is 0. The van der Waals surface area contributed by atoms with Gasteiger partial charge in [-0.3, -0.25) is 0 Å². The van der Waals surface area contributed by atoms with Crippen molar-refractivity contribution in [3.63, 3.8) is 0 Å². The summed E-state index contributed by atoms with van der Waals surface area (Å²) >= 11 is 0. The average Bonchev–Trinajstić information content (AvgIpc) is 1.84. The second-order valence-electron chi connectivity index (χ2n) is 1.51. The van der Waals surface area contributed by atoms with Gasteiger partial charge < -0.3 is 5.11 Å². The van der Waals surface area contributed by atoms with Crippen molar-refractivity contribution in [3.8, 4) is 0 Å². The smallest absolute Gasteiger partial charge is 0.171 e. The molecule has 0 fully saturated rings. The highest BCUT2D eigenvalue weighted by molar-refractivity contribution is 7.94. The van der Waals surface area contributed by atoms with E-state index in [1.165, 1.54) is 6.08 Å². The Morgan fingerprint density at radius 2 is 2.11 bits per heavy atom. The van der Waals surface area contributed by atoms with Gasteiger partial charge in [0.25, 0.3) is 0 Å². The molecule has 4 heteroatoms. The van der Waals surface area contributed by atoms with Crippen LogP contribution in [0.1, 0.15) is 6.92 Å². The third-order valence-corrected chi connectivity index (χ3v) is 2.22. The first-order chi connectivity index (χ1) is 4.12. The molecule has 1 N–H and O–H groups in total. The molecule has 0 aromatic carbocycles. The molecule has 3 nitrogen and oxygen atoms in total. The Morgan fingerprint density at radius 3 is 2.44 bits per heavy atom. The van der Waals surface area contributed by atoms with Gasteiger partial charge in [0, 0.05) is 5.41 Å². The van der Waals surface area contributed by atoms with Crippen molar-refractivity contribution in [2.45, 2.75) is 6.92 Å². The van der Waals surface area contributed by atoms with Crippen LogP contribution in [0.3, 0.4) is 0 Å². The molecule has 0 heterocycles. The van der Waals surface area contributed by atoms with Crippen LogP contribution in [0, 0.1) is 0 Å². The Hall–Kier alpha value is -0.350. The predicted molar refractivity (Wildman–Crippen MR) is 35.7 cm³/mol. The summed E-state index contributed by atoms with van der Waals surface area (Å²) in [6.07, 6.45) is 1.21. The standard InChI is InChI=1S/C5H10O3S/c1-2-9(7,8)5-3-4-6/h3,5-6H,2,4H2,1H3/b5-3+. The van der Waals surface area contributed by atoms with E-state index in [1.807, 2.05) is 0 Å². The van der Waals surface area contributed by atoms with E-state index in [2.05, 4.69) is 0 Å². The molecular formula is C5H10O3S. The fourth-order valence-electron chi connectivity index (χ4n) is 0.286. The third-order valence-electron chi connectivity index (χ3n) is 0.811. The van der Waals surface area contributed by atoms with Crippen molar-refractivity contribution in [2.75, 3.05) is 12.4 Å². The molecule has 0 aliphatic carbocycles. The summed E-state index contributed by atoms with van der Waals surface area (Å²) in [4.78, 5) is 0. The van der Waals surface area contributed by atoms with Gasteiger partial charge in [0.05, 0.1) is 12.4 Å². The molecule has 0 aromatic heterocycles. The number of sulfone groups is 1. The third kappa shape index (κ3) is 4.17. The van der Waals surface area contributed by atoms with Crippen LogP contribution >= 0.6 is 0 Å². The minimum absolute atomic E-state index is 0.0868. The van der Waals surface area contributed by atoms with E-state index in [4.69, 9.17) is 5.11 Å². The highest BCUT2D eigenvalue weighted by Crippen LogP contribution is 1.89. The lowest BCUT2D eigenvalue weighted by atomic mass is 10.7. The predicted octanol–water partition coefficient (Wildman–Crippen LogP) is -0.0729. The van der Waals surface area contributed by atoms with Crippen molar-refractivity contribution in [1.82, 2.24) is 0 Å². The Kier molecular flexibility index (Phi) is 3.49. The summed E-state index contributed by atoms with van der Waals surface area (Å²) in [5.74, 6) is 0.0868. The van der Waals surface area contributed by atoms with Gasteiger partial charge in [0.2, 0.25) is 0 Å². The first-order valence-electron chi connectivity index (χ1n) is 2.62. The van der Waals surface area contributed by atoms with Crippen LogP contribution in [0.2, 0.25) is 0 Å². The van der Waals surface area contributed by atoms with Crippen molar-refractivity contribution >= 4 is 9.84 Å². The number of aliphatic hydroxyl groups is 1. The molecule has 0 aliphatic heterocycles. The zero-order valence-corrected chi connectivity index (χ0v) is 6.06. The van der Waals surface area contributed by atoms with Gasteiger partial charge in [-0.1, -0.05) is 6.92 Å². The van der Waals surface area contributed by atoms with Crippen LogP contribution < -0.4 is 0 Å². The molecule has 0 aromatic rings. The Balaban J connectivity index is 4.04. The largest absolute Gasteiger partial charge is 0.392 e. The SMILES string of the molecule is CCS(=O)(=O)/C=C/CO. The Bertz CT molecular complexity index is 178. The van der Waals surface area contributed by atoms with E-state index in [1.54, 1.807) is 6.92 Å². The van der Waals surface area contributed by atoms with E-state index in [0.29, 0.717) is 0 Å². The highest BCUT2D eigenvalue weighted by Gasteiger charge is 1.97. The summed E-state index contributed by atoms with van der Waals surface area (Å²) in [7, 11) is -3.02. The molecule has 9 heavy (non-hydrogen) atoms. The number of hydrogen-bond donors (Lipinski definition) is 1. The second kappa shape index (κ2) is 3.63. The maximum atomic E-state index is 10.6. The summed E-state index contributed by atoms with van der Waals surface area (Å²) in [6.45, 7) is 1.33. The molecule has 0 unspecified atom stereocenters. The van der Waals surface area contributed by atoms with Crippen molar-refractivity contribution < 1.29 is 13.5 Å². The van der Waals surface area contributed by atoms with Gasteiger partial charge in [-0.2, -0.15) is 0 Å². The lowest BCUT2D eigenvalue weighted by molar-refractivity contribution is 0.343. The molecule has 0 saturated heterocycles. The summed E-state index contributed by atoms with van der Waals surface area (Å²) < 4.78 is 21.1. The summed E-state index contributed by atoms with van der Waals surface area (Å²) in [5.41, 5.74) is 0. The number of hydrogen-bond acceptors (Lipinski definition) is 3. The first-order valence-corrected chi connectivity index (χ1v) is 4.34. The van der Waals surface area contributed by atoms with E-state index in [0.717, 1.165) is 5.41 Å². The van der Waals surface area contributed by atoms with Crippen molar-refractivity contribution in [3.05, 3.63) is 11.5 Å². The van der Waals surface area contributed by atoms with Crippen LogP contribution in [-0.4, -0.2) is 25.9 Å². The maximum Gasteiger partial charge on any atom is 0.171 e. The molecule has 0 radical (unpaired) electrons. The zero-order chi connectivity index (χ0) is 7.33. The second-order valence-corrected chi connectivity index (χ2v) is 3.68. The maximum absolute atomic E-state index is 10.6. The van der Waals surface area contributed by atoms with Crippen molar-refractivity contribution in [2.24, 2.45) is 0 Å². The Labute approximate surface area is 54.9 Å². The normalized spacial score (nSPS) is 12.7. The quantitative estimate of drug-likeness (QED) is 0.612. The fourth-order valence-corrected chi connectivity index (χ4v) is 0.858. The minimum Gasteiger partial charge on any atom is -0.392 e. The lowest BCUT2D eigenvalue weighted by Crippen LogP contribution is -1.97. The van der Waals surface area contributed by atoms with Gasteiger partial charge in [-0.15, -0.1) is 0 Å².